The smallest absolute Gasteiger partial charge is 0.127 e. The molecule has 3 heteroatoms. The van der Waals surface area contributed by atoms with Gasteiger partial charge in [-0.2, -0.15) is 0 Å². The normalized spacial score (nSPS) is 20.2. The Morgan fingerprint density at radius 3 is 2.81 bits per heavy atom. The van der Waals surface area contributed by atoms with E-state index in [0.717, 1.165) is 24.7 Å². The molecule has 1 unspecified atom stereocenters. The second-order valence-corrected chi connectivity index (χ2v) is 7.31. The minimum absolute atomic E-state index is 0.433. The molecule has 1 fully saturated rings. The first kappa shape index (κ1) is 16.1. The molecule has 0 aromatic carbocycles. The van der Waals surface area contributed by atoms with Crippen LogP contribution in [0.1, 0.15) is 53.4 Å². The van der Waals surface area contributed by atoms with Gasteiger partial charge in [-0.3, -0.25) is 0 Å². The van der Waals surface area contributed by atoms with Gasteiger partial charge in [0.1, 0.15) is 5.82 Å². The maximum atomic E-state index is 4.41. The predicted molar refractivity (Wildman–Crippen MR) is 92.0 cm³/mol. The summed E-state index contributed by atoms with van der Waals surface area (Å²) in [5, 5.41) is 3.38. The zero-order valence-corrected chi connectivity index (χ0v) is 14.2. The van der Waals surface area contributed by atoms with E-state index in [1.807, 2.05) is 6.20 Å². The first-order chi connectivity index (χ1) is 10.0. The third-order valence-electron chi connectivity index (χ3n) is 4.62. The summed E-state index contributed by atoms with van der Waals surface area (Å²) in [7, 11) is 0. The van der Waals surface area contributed by atoms with Gasteiger partial charge in [-0.25, -0.2) is 4.98 Å². The van der Waals surface area contributed by atoms with E-state index >= 15 is 0 Å². The van der Waals surface area contributed by atoms with Crippen LogP contribution in [0, 0.1) is 11.3 Å². The van der Waals surface area contributed by atoms with E-state index in [-0.39, 0.29) is 0 Å². The van der Waals surface area contributed by atoms with Crippen molar-refractivity contribution < 1.29 is 0 Å². The molecule has 1 atom stereocenters. The van der Waals surface area contributed by atoms with Crippen LogP contribution in [-0.4, -0.2) is 24.6 Å². The first-order valence-corrected chi connectivity index (χ1v) is 8.45. The summed E-state index contributed by atoms with van der Waals surface area (Å²) in [6, 6.07) is 4.35. The molecular weight excluding hydrogens is 258 g/mol. The topological polar surface area (TPSA) is 28.2 Å². The number of aromatic nitrogens is 1. The van der Waals surface area contributed by atoms with E-state index in [1.54, 1.807) is 0 Å². The Balaban J connectivity index is 2.02. The zero-order chi connectivity index (χ0) is 15.3. The van der Waals surface area contributed by atoms with Gasteiger partial charge in [-0.1, -0.05) is 27.7 Å². The molecule has 2 rings (SSSR count). The third kappa shape index (κ3) is 4.62. The Kier molecular flexibility index (Phi) is 5.49. The standard InChI is InChI=1S/C18H31N3/c1-5-10-19-17-14-16(8-11-20-17)21-12-6-7-15(9-13-21)18(2,3)4/h8,11,14-15H,5-7,9-10,12-13H2,1-4H3,(H,19,20). The molecule has 0 saturated carbocycles. The number of pyridine rings is 1. The highest BCUT2D eigenvalue weighted by Gasteiger charge is 2.27. The molecule has 3 nitrogen and oxygen atoms in total. The molecular formula is C18H31N3. The lowest BCUT2D eigenvalue weighted by Crippen LogP contribution is -2.26. The van der Waals surface area contributed by atoms with Gasteiger partial charge in [0.05, 0.1) is 0 Å². The molecule has 0 radical (unpaired) electrons. The summed E-state index contributed by atoms with van der Waals surface area (Å²) in [5.74, 6) is 1.84. The number of rotatable bonds is 4. The van der Waals surface area contributed by atoms with Gasteiger partial charge in [-0.15, -0.1) is 0 Å². The molecule has 1 aromatic rings. The average Bonchev–Trinajstić information content (AvgIpc) is 2.71. The molecule has 118 valence electrons. The number of nitrogens with zero attached hydrogens (tertiary/aromatic N) is 2. The van der Waals surface area contributed by atoms with Gasteiger partial charge in [0.2, 0.25) is 0 Å². The van der Waals surface area contributed by atoms with E-state index in [0.29, 0.717) is 5.41 Å². The van der Waals surface area contributed by atoms with Gasteiger partial charge in [0, 0.05) is 37.6 Å². The van der Waals surface area contributed by atoms with Gasteiger partial charge in [-0.05, 0) is 43.1 Å². The van der Waals surface area contributed by atoms with Crippen molar-refractivity contribution in [3.05, 3.63) is 18.3 Å². The minimum Gasteiger partial charge on any atom is -0.371 e. The Hall–Kier alpha value is -1.25. The van der Waals surface area contributed by atoms with E-state index < -0.39 is 0 Å². The lowest BCUT2D eigenvalue weighted by atomic mass is 9.77. The van der Waals surface area contributed by atoms with Gasteiger partial charge in [0.25, 0.3) is 0 Å². The molecule has 0 spiro atoms. The number of hydrogen-bond donors (Lipinski definition) is 1. The first-order valence-electron chi connectivity index (χ1n) is 8.45. The lowest BCUT2D eigenvalue weighted by Gasteiger charge is -2.30. The number of nitrogens with one attached hydrogen (secondary N) is 1. The summed E-state index contributed by atoms with van der Waals surface area (Å²) in [6.07, 6.45) is 7.00. The predicted octanol–water partition coefficient (Wildman–Crippen LogP) is 4.56. The summed E-state index contributed by atoms with van der Waals surface area (Å²) < 4.78 is 0. The fourth-order valence-electron chi connectivity index (χ4n) is 3.19. The molecule has 1 N–H and O–H groups in total. The molecule has 21 heavy (non-hydrogen) atoms. The van der Waals surface area contributed by atoms with Crippen molar-refractivity contribution in [2.75, 3.05) is 29.9 Å². The SMILES string of the molecule is CCCNc1cc(N2CCCC(C(C)(C)C)CC2)ccn1. The van der Waals surface area contributed by atoms with Crippen molar-refractivity contribution in [1.82, 2.24) is 4.98 Å². The second-order valence-electron chi connectivity index (χ2n) is 7.31. The van der Waals surface area contributed by atoms with Crippen LogP contribution in [-0.2, 0) is 0 Å². The van der Waals surface area contributed by atoms with Crippen LogP contribution in [0.25, 0.3) is 0 Å². The van der Waals surface area contributed by atoms with Gasteiger partial charge in [0.15, 0.2) is 0 Å². The lowest BCUT2D eigenvalue weighted by molar-refractivity contribution is 0.220. The fourth-order valence-corrected chi connectivity index (χ4v) is 3.19. The maximum Gasteiger partial charge on any atom is 0.127 e. The summed E-state index contributed by atoms with van der Waals surface area (Å²) in [4.78, 5) is 6.94. The summed E-state index contributed by atoms with van der Waals surface area (Å²) in [6.45, 7) is 12.6. The zero-order valence-electron chi connectivity index (χ0n) is 14.2. The summed E-state index contributed by atoms with van der Waals surface area (Å²) >= 11 is 0. The van der Waals surface area contributed by atoms with E-state index in [2.05, 4.69) is 55.0 Å². The van der Waals surface area contributed by atoms with Crippen LogP contribution < -0.4 is 10.2 Å². The second kappa shape index (κ2) is 7.15. The van der Waals surface area contributed by atoms with Crippen molar-refractivity contribution in [3.63, 3.8) is 0 Å². The van der Waals surface area contributed by atoms with Crippen LogP contribution in [0.15, 0.2) is 18.3 Å². The van der Waals surface area contributed by atoms with Crippen LogP contribution >= 0.6 is 0 Å². The Morgan fingerprint density at radius 1 is 1.29 bits per heavy atom. The van der Waals surface area contributed by atoms with Crippen LogP contribution in [0.4, 0.5) is 11.5 Å². The van der Waals surface area contributed by atoms with Crippen molar-refractivity contribution >= 4 is 11.5 Å². The van der Waals surface area contributed by atoms with Crippen LogP contribution in [0.5, 0.6) is 0 Å². The Labute approximate surface area is 130 Å². The Morgan fingerprint density at radius 2 is 2.10 bits per heavy atom. The fraction of sp³-hybridized carbons (Fsp3) is 0.722. The molecule has 1 saturated heterocycles. The minimum atomic E-state index is 0.433. The van der Waals surface area contributed by atoms with Crippen molar-refractivity contribution in [2.45, 2.75) is 53.4 Å². The van der Waals surface area contributed by atoms with E-state index in [4.69, 9.17) is 0 Å². The van der Waals surface area contributed by atoms with Crippen molar-refractivity contribution in [2.24, 2.45) is 11.3 Å². The molecule has 0 bridgehead atoms. The van der Waals surface area contributed by atoms with E-state index in [1.165, 1.54) is 38.0 Å². The summed E-state index contributed by atoms with van der Waals surface area (Å²) in [5.41, 5.74) is 1.75. The van der Waals surface area contributed by atoms with Crippen molar-refractivity contribution in [1.29, 1.82) is 0 Å². The van der Waals surface area contributed by atoms with Gasteiger partial charge < -0.3 is 10.2 Å². The largest absolute Gasteiger partial charge is 0.371 e. The van der Waals surface area contributed by atoms with Crippen molar-refractivity contribution in [3.8, 4) is 0 Å². The molecule has 1 aromatic heterocycles. The molecule has 0 aliphatic carbocycles. The highest BCUT2D eigenvalue weighted by molar-refractivity contribution is 5.53. The Bertz CT molecular complexity index is 436. The maximum absolute atomic E-state index is 4.41. The highest BCUT2D eigenvalue weighted by Crippen LogP contribution is 2.35. The number of hydrogen-bond acceptors (Lipinski definition) is 3. The molecule has 1 aliphatic rings. The van der Waals surface area contributed by atoms with E-state index in [9.17, 15) is 0 Å². The monoisotopic (exact) mass is 289 g/mol. The van der Waals surface area contributed by atoms with Gasteiger partial charge >= 0.3 is 0 Å². The average molecular weight is 289 g/mol. The quantitative estimate of drug-likeness (QED) is 0.881. The molecule has 1 aliphatic heterocycles. The highest BCUT2D eigenvalue weighted by atomic mass is 15.1. The third-order valence-corrected chi connectivity index (χ3v) is 4.62. The van der Waals surface area contributed by atoms with Crippen LogP contribution in [0.2, 0.25) is 0 Å². The number of anilines is 2. The molecule has 2 heterocycles. The van der Waals surface area contributed by atoms with Crippen LogP contribution in [0.3, 0.4) is 0 Å². The molecule has 0 amide bonds.